The topological polar surface area (TPSA) is 12.0 Å². The predicted molar refractivity (Wildman–Crippen MR) is 88.9 cm³/mol. The Kier molecular flexibility index (Phi) is 6.36. The third-order valence-electron chi connectivity index (χ3n) is 3.10. The molecule has 0 saturated heterocycles. The molecule has 0 aromatic heterocycles. The molecule has 0 fully saturated rings. The van der Waals surface area contributed by atoms with Gasteiger partial charge in [-0.3, -0.25) is 0 Å². The van der Waals surface area contributed by atoms with Crippen LogP contribution >= 0.6 is 22.6 Å². The van der Waals surface area contributed by atoms with Gasteiger partial charge in [-0.2, -0.15) is 0 Å². The molecule has 1 N–H and O–H groups in total. The Morgan fingerprint density at radius 1 is 1.33 bits per heavy atom. The minimum Gasteiger partial charge on any atom is -0.316 e. The average molecular weight is 357 g/mol. The van der Waals surface area contributed by atoms with Gasteiger partial charge in [0, 0.05) is 15.5 Å². The Bertz CT molecular complexity index is 369. The predicted octanol–water partition coefficient (Wildman–Crippen LogP) is 4.27. The zero-order chi connectivity index (χ0) is 13.6. The van der Waals surface area contributed by atoms with Gasteiger partial charge in [0.15, 0.2) is 0 Å². The Morgan fingerprint density at radius 2 is 1.94 bits per heavy atom. The van der Waals surface area contributed by atoms with Gasteiger partial charge in [-0.15, -0.1) is 6.58 Å². The van der Waals surface area contributed by atoms with Crippen LogP contribution in [0.15, 0.2) is 36.9 Å². The maximum Gasteiger partial charge on any atom is 0.0130 e. The van der Waals surface area contributed by atoms with Crippen molar-refractivity contribution in [3.63, 3.8) is 0 Å². The van der Waals surface area contributed by atoms with E-state index in [1.807, 2.05) is 0 Å². The summed E-state index contributed by atoms with van der Waals surface area (Å²) in [6.07, 6.45) is 3.12. The van der Waals surface area contributed by atoms with Crippen LogP contribution < -0.4 is 5.32 Å². The lowest BCUT2D eigenvalue weighted by molar-refractivity contribution is 0.378. The van der Waals surface area contributed by atoms with Crippen LogP contribution in [0.5, 0.6) is 0 Å². The zero-order valence-corrected chi connectivity index (χ0v) is 13.8. The molecule has 0 heterocycles. The fourth-order valence-electron chi connectivity index (χ4n) is 1.92. The molecule has 0 aliphatic rings. The third-order valence-corrected chi connectivity index (χ3v) is 3.81. The van der Waals surface area contributed by atoms with E-state index in [0.717, 1.165) is 19.5 Å². The highest BCUT2D eigenvalue weighted by Crippen LogP contribution is 2.23. The number of hydrogen-bond acceptors (Lipinski definition) is 1. The van der Waals surface area contributed by atoms with Crippen LogP contribution in [0.25, 0.3) is 0 Å². The largest absolute Gasteiger partial charge is 0.316 e. The van der Waals surface area contributed by atoms with Gasteiger partial charge in [-0.25, -0.2) is 0 Å². The maximum absolute atomic E-state index is 4.00. The van der Waals surface area contributed by atoms with E-state index in [0.29, 0.717) is 5.92 Å². The molecule has 1 rings (SSSR count). The minimum atomic E-state index is 0.127. The first kappa shape index (κ1) is 15.7. The van der Waals surface area contributed by atoms with Crippen molar-refractivity contribution in [3.05, 3.63) is 46.1 Å². The van der Waals surface area contributed by atoms with Crippen LogP contribution in [0, 0.1) is 14.9 Å². The molecule has 1 atom stereocenters. The standard InChI is InChI=1S/C16H24IN/c1-5-16(4,12-18-11-13(2)3)10-14-6-8-15(17)9-7-14/h5-9,13,18H,1,10-12H2,2-4H3. The normalized spacial score (nSPS) is 14.5. The summed E-state index contributed by atoms with van der Waals surface area (Å²) >= 11 is 2.34. The first-order valence-electron chi connectivity index (χ1n) is 6.54. The molecule has 0 spiro atoms. The Hall–Kier alpha value is -0.350. The van der Waals surface area contributed by atoms with Gasteiger partial charge in [0.2, 0.25) is 0 Å². The molecule has 0 bridgehead atoms. The van der Waals surface area contributed by atoms with E-state index in [9.17, 15) is 0 Å². The SMILES string of the molecule is C=CC(C)(CNCC(C)C)Cc1ccc(I)cc1. The van der Waals surface area contributed by atoms with Crippen molar-refractivity contribution < 1.29 is 0 Å². The van der Waals surface area contributed by atoms with E-state index in [2.05, 4.69) is 85.6 Å². The molecule has 0 aliphatic heterocycles. The summed E-state index contributed by atoms with van der Waals surface area (Å²) in [5.74, 6) is 0.692. The lowest BCUT2D eigenvalue weighted by atomic mass is 9.83. The van der Waals surface area contributed by atoms with Gasteiger partial charge in [0.25, 0.3) is 0 Å². The summed E-state index contributed by atoms with van der Waals surface area (Å²) in [7, 11) is 0. The van der Waals surface area contributed by atoms with Crippen molar-refractivity contribution in [3.8, 4) is 0 Å². The highest BCUT2D eigenvalue weighted by atomic mass is 127. The molecule has 100 valence electrons. The summed E-state index contributed by atoms with van der Waals surface area (Å²) in [5.41, 5.74) is 1.51. The summed E-state index contributed by atoms with van der Waals surface area (Å²) in [5, 5.41) is 3.54. The van der Waals surface area contributed by atoms with Crippen LogP contribution in [0.1, 0.15) is 26.3 Å². The van der Waals surface area contributed by atoms with Crippen molar-refractivity contribution in [1.29, 1.82) is 0 Å². The fourth-order valence-corrected chi connectivity index (χ4v) is 2.28. The zero-order valence-electron chi connectivity index (χ0n) is 11.7. The summed E-state index contributed by atoms with van der Waals surface area (Å²) in [4.78, 5) is 0. The Labute approximate surface area is 125 Å². The molecule has 0 amide bonds. The van der Waals surface area contributed by atoms with Crippen molar-refractivity contribution >= 4 is 22.6 Å². The lowest BCUT2D eigenvalue weighted by Crippen LogP contribution is -2.34. The van der Waals surface area contributed by atoms with Gasteiger partial charge in [-0.1, -0.05) is 39.0 Å². The summed E-state index contributed by atoms with van der Waals surface area (Å²) < 4.78 is 1.29. The first-order valence-corrected chi connectivity index (χ1v) is 7.62. The second kappa shape index (κ2) is 7.29. The molecule has 0 saturated carbocycles. The average Bonchev–Trinajstić information content (AvgIpc) is 2.32. The van der Waals surface area contributed by atoms with Crippen LogP contribution in [0.4, 0.5) is 0 Å². The fraction of sp³-hybridized carbons (Fsp3) is 0.500. The van der Waals surface area contributed by atoms with Crippen LogP contribution in [0.3, 0.4) is 0 Å². The highest BCUT2D eigenvalue weighted by Gasteiger charge is 2.20. The van der Waals surface area contributed by atoms with Crippen LogP contribution in [-0.2, 0) is 6.42 Å². The van der Waals surface area contributed by atoms with E-state index in [1.54, 1.807) is 0 Å². The van der Waals surface area contributed by atoms with Gasteiger partial charge < -0.3 is 5.32 Å². The van der Waals surface area contributed by atoms with E-state index in [4.69, 9.17) is 0 Å². The van der Waals surface area contributed by atoms with E-state index in [-0.39, 0.29) is 5.41 Å². The third kappa shape index (κ3) is 5.53. The molecule has 1 aromatic carbocycles. The molecular weight excluding hydrogens is 333 g/mol. The van der Waals surface area contributed by atoms with Gasteiger partial charge in [0.05, 0.1) is 0 Å². The summed E-state index contributed by atoms with van der Waals surface area (Å²) in [6, 6.07) is 8.76. The van der Waals surface area contributed by atoms with Crippen molar-refractivity contribution in [2.45, 2.75) is 27.2 Å². The number of benzene rings is 1. The molecule has 1 unspecified atom stereocenters. The van der Waals surface area contributed by atoms with Gasteiger partial charge in [0.1, 0.15) is 0 Å². The second-order valence-electron chi connectivity index (χ2n) is 5.69. The molecule has 1 aromatic rings. The smallest absolute Gasteiger partial charge is 0.0130 e. The van der Waals surface area contributed by atoms with E-state index in [1.165, 1.54) is 9.13 Å². The number of hydrogen-bond donors (Lipinski definition) is 1. The van der Waals surface area contributed by atoms with Gasteiger partial charge in [-0.05, 0) is 59.2 Å². The monoisotopic (exact) mass is 357 g/mol. The second-order valence-corrected chi connectivity index (χ2v) is 6.93. The quantitative estimate of drug-likeness (QED) is 0.568. The maximum atomic E-state index is 4.00. The number of rotatable bonds is 7. The molecule has 0 aliphatic carbocycles. The van der Waals surface area contributed by atoms with Crippen molar-refractivity contribution in [2.24, 2.45) is 11.3 Å². The minimum absolute atomic E-state index is 0.127. The molecule has 18 heavy (non-hydrogen) atoms. The van der Waals surface area contributed by atoms with E-state index >= 15 is 0 Å². The van der Waals surface area contributed by atoms with Crippen molar-refractivity contribution in [1.82, 2.24) is 5.32 Å². The summed E-state index contributed by atoms with van der Waals surface area (Å²) in [6.45, 7) is 12.8. The lowest BCUT2D eigenvalue weighted by Gasteiger charge is -2.27. The number of nitrogens with one attached hydrogen (secondary N) is 1. The van der Waals surface area contributed by atoms with Crippen LogP contribution in [0.2, 0.25) is 0 Å². The Morgan fingerprint density at radius 3 is 2.44 bits per heavy atom. The number of halogens is 1. The van der Waals surface area contributed by atoms with E-state index < -0.39 is 0 Å². The molecule has 0 radical (unpaired) electrons. The highest BCUT2D eigenvalue weighted by molar-refractivity contribution is 14.1. The molecule has 1 nitrogen and oxygen atoms in total. The molecule has 2 heteroatoms. The van der Waals surface area contributed by atoms with Gasteiger partial charge >= 0.3 is 0 Å². The molecular formula is C16H24IN. The van der Waals surface area contributed by atoms with Crippen LogP contribution in [-0.4, -0.2) is 13.1 Å². The first-order chi connectivity index (χ1) is 8.45. The van der Waals surface area contributed by atoms with Crippen molar-refractivity contribution in [2.75, 3.05) is 13.1 Å². The Balaban J connectivity index is 2.58.